The molecule has 1 aliphatic carbocycles. The second-order valence-electron chi connectivity index (χ2n) is 9.61. The standard InChI is InChI=1S/C30H24N4O2S4/c35-27(16-37-29-32-21-9-3-6-12-25(21)39-29)31-18-13-14-22-26(15-18)40-30(33-22)38-17-28(36)34-23-10-4-1-7-19(23)20-8-2-5-11-24(20)34/h1,3-4,6-7,9-10,12-15H,2,5,8,11,16-17H2,(H,31,35). The first-order valence-electron chi connectivity index (χ1n) is 13.1. The van der Waals surface area contributed by atoms with E-state index < -0.39 is 0 Å². The van der Waals surface area contributed by atoms with E-state index in [4.69, 9.17) is 4.98 Å². The van der Waals surface area contributed by atoms with Crippen molar-refractivity contribution in [1.82, 2.24) is 14.5 Å². The third-order valence-corrected chi connectivity index (χ3v) is 11.3. The Labute approximate surface area is 247 Å². The largest absolute Gasteiger partial charge is 0.325 e. The minimum Gasteiger partial charge on any atom is -0.325 e. The Morgan fingerprint density at radius 1 is 0.825 bits per heavy atom. The number of nitrogens with zero attached hydrogens (tertiary/aromatic N) is 3. The number of para-hydroxylation sites is 2. The Morgan fingerprint density at radius 3 is 2.42 bits per heavy atom. The molecule has 1 amide bonds. The number of carbonyl (C=O) groups is 2. The van der Waals surface area contributed by atoms with Crippen LogP contribution < -0.4 is 5.32 Å². The van der Waals surface area contributed by atoms with Gasteiger partial charge in [-0.3, -0.25) is 14.2 Å². The van der Waals surface area contributed by atoms with Gasteiger partial charge < -0.3 is 5.32 Å². The number of hydrogen-bond acceptors (Lipinski definition) is 8. The van der Waals surface area contributed by atoms with E-state index in [2.05, 4.69) is 28.5 Å². The second-order valence-corrected chi connectivity index (χ2v) is 14.1. The summed E-state index contributed by atoms with van der Waals surface area (Å²) >= 11 is 6.07. The molecule has 1 N–H and O–H groups in total. The third-order valence-electron chi connectivity index (χ3n) is 7.00. The van der Waals surface area contributed by atoms with Crippen molar-refractivity contribution >= 4 is 95.0 Å². The van der Waals surface area contributed by atoms with Crippen molar-refractivity contribution in [3.8, 4) is 0 Å². The van der Waals surface area contributed by atoms with Gasteiger partial charge in [0.05, 0.1) is 37.5 Å². The highest BCUT2D eigenvalue weighted by molar-refractivity contribution is 8.02. The first kappa shape index (κ1) is 25.8. The zero-order valence-electron chi connectivity index (χ0n) is 21.4. The average molecular weight is 601 g/mol. The summed E-state index contributed by atoms with van der Waals surface area (Å²) in [4.78, 5) is 35.4. The number of carbonyl (C=O) groups excluding carboxylic acids is 2. The molecule has 0 fully saturated rings. The highest BCUT2D eigenvalue weighted by Crippen LogP contribution is 2.35. The van der Waals surface area contributed by atoms with Gasteiger partial charge in [-0.2, -0.15) is 0 Å². The second kappa shape index (κ2) is 11.0. The number of amides is 1. The molecule has 7 rings (SSSR count). The Bertz CT molecular complexity index is 1870. The van der Waals surface area contributed by atoms with E-state index in [1.807, 2.05) is 53.1 Å². The Morgan fingerprint density at radius 2 is 1.55 bits per heavy atom. The Balaban J connectivity index is 1.01. The fraction of sp³-hybridized carbons (Fsp3) is 0.200. The normalized spacial score (nSPS) is 13.2. The van der Waals surface area contributed by atoms with Crippen LogP contribution in [0, 0.1) is 0 Å². The number of aryl methyl sites for hydroxylation is 1. The summed E-state index contributed by atoms with van der Waals surface area (Å²) in [6.45, 7) is 0. The molecule has 1 aliphatic rings. The molecular weight excluding hydrogens is 577 g/mol. The molecule has 0 atom stereocenters. The van der Waals surface area contributed by atoms with Crippen LogP contribution in [-0.2, 0) is 17.6 Å². The number of rotatable bonds is 7. The van der Waals surface area contributed by atoms with Crippen molar-refractivity contribution < 1.29 is 9.59 Å². The summed E-state index contributed by atoms with van der Waals surface area (Å²) in [5.74, 6) is 0.650. The number of fused-ring (bicyclic) bond motifs is 5. The molecule has 6 nitrogen and oxygen atoms in total. The molecule has 0 unspecified atom stereocenters. The van der Waals surface area contributed by atoms with Gasteiger partial charge in [0.15, 0.2) is 8.68 Å². The molecule has 3 aromatic carbocycles. The van der Waals surface area contributed by atoms with Gasteiger partial charge in [0.1, 0.15) is 0 Å². The van der Waals surface area contributed by atoms with E-state index in [0.717, 1.165) is 59.6 Å². The van der Waals surface area contributed by atoms with Gasteiger partial charge in [0, 0.05) is 16.8 Å². The van der Waals surface area contributed by atoms with Gasteiger partial charge >= 0.3 is 0 Å². The van der Waals surface area contributed by atoms with Crippen molar-refractivity contribution in [3.63, 3.8) is 0 Å². The molecule has 0 saturated heterocycles. The third kappa shape index (κ3) is 5.05. The van der Waals surface area contributed by atoms with Crippen LogP contribution in [0.4, 0.5) is 5.69 Å². The lowest BCUT2D eigenvalue weighted by Crippen LogP contribution is -2.18. The van der Waals surface area contributed by atoms with Crippen molar-refractivity contribution in [2.24, 2.45) is 0 Å². The van der Waals surface area contributed by atoms with Crippen LogP contribution in [0.2, 0.25) is 0 Å². The maximum atomic E-state index is 13.4. The summed E-state index contributed by atoms with van der Waals surface area (Å²) in [7, 11) is 0. The lowest BCUT2D eigenvalue weighted by atomic mass is 9.96. The Kier molecular flexibility index (Phi) is 7.09. The average Bonchev–Trinajstić information content (AvgIpc) is 3.67. The summed E-state index contributed by atoms with van der Waals surface area (Å²) in [6, 6.07) is 22.0. The molecule has 0 spiro atoms. The fourth-order valence-electron chi connectivity index (χ4n) is 5.25. The minimum atomic E-state index is -0.0735. The smallest absolute Gasteiger partial charge is 0.241 e. The fourth-order valence-corrected chi connectivity index (χ4v) is 9.07. The first-order valence-corrected chi connectivity index (χ1v) is 16.7. The van der Waals surface area contributed by atoms with E-state index in [1.165, 1.54) is 46.6 Å². The predicted octanol–water partition coefficient (Wildman–Crippen LogP) is 7.90. The molecule has 6 aromatic rings. The monoisotopic (exact) mass is 600 g/mol. The maximum absolute atomic E-state index is 13.4. The number of nitrogens with one attached hydrogen (secondary N) is 1. The Hall–Kier alpha value is -3.18. The van der Waals surface area contributed by atoms with Crippen LogP contribution in [0.1, 0.15) is 28.9 Å². The van der Waals surface area contributed by atoms with Gasteiger partial charge in [-0.25, -0.2) is 9.97 Å². The van der Waals surface area contributed by atoms with E-state index in [0.29, 0.717) is 11.5 Å². The maximum Gasteiger partial charge on any atom is 0.241 e. The summed E-state index contributed by atoms with van der Waals surface area (Å²) in [6.07, 6.45) is 4.30. The van der Waals surface area contributed by atoms with Crippen LogP contribution in [0.3, 0.4) is 0 Å². The topological polar surface area (TPSA) is 76.9 Å². The number of thiazole rings is 2. The zero-order valence-corrected chi connectivity index (χ0v) is 24.7. The van der Waals surface area contributed by atoms with Crippen LogP contribution in [-0.4, -0.2) is 37.9 Å². The molecule has 3 heterocycles. The van der Waals surface area contributed by atoms with Crippen molar-refractivity contribution in [1.29, 1.82) is 0 Å². The van der Waals surface area contributed by atoms with Crippen LogP contribution in [0.5, 0.6) is 0 Å². The first-order chi connectivity index (χ1) is 19.6. The van der Waals surface area contributed by atoms with Crippen LogP contribution >= 0.6 is 46.2 Å². The molecule has 0 saturated carbocycles. The SMILES string of the molecule is O=C(CSc1nc2ccccc2s1)Nc1ccc2nc(SCC(=O)n3c4c(c5ccccc53)CCCC4)sc2c1. The lowest BCUT2D eigenvalue weighted by molar-refractivity contribution is -0.113. The number of hydrogen-bond donors (Lipinski definition) is 1. The molecule has 0 bridgehead atoms. The molecule has 200 valence electrons. The number of anilines is 1. The van der Waals surface area contributed by atoms with Crippen molar-refractivity contribution in [2.45, 2.75) is 34.4 Å². The summed E-state index contributed by atoms with van der Waals surface area (Å²) < 4.78 is 5.79. The molecule has 10 heteroatoms. The summed E-state index contributed by atoms with van der Waals surface area (Å²) in [5, 5.41) is 4.21. The van der Waals surface area contributed by atoms with Gasteiger partial charge in [-0.05, 0) is 67.6 Å². The van der Waals surface area contributed by atoms with Crippen LogP contribution in [0.25, 0.3) is 31.3 Å². The number of aromatic nitrogens is 3. The van der Waals surface area contributed by atoms with Gasteiger partial charge in [-0.1, -0.05) is 53.9 Å². The van der Waals surface area contributed by atoms with Gasteiger partial charge in [0.25, 0.3) is 0 Å². The minimum absolute atomic E-state index is 0.0735. The predicted molar refractivity (Wildman–Crippen MR) is 169 cm³/mol. The molecule has 0 aliphatic heterocycles. The molecular formula is C30H24N4O2S4. The molecule has 40 heavy (non-hydrogen) atoms. The highest BCUT2D eigenvalue weighted by Gasteiger charge is 2.23. The number of benzene rings is 3. The quantitative estimate of drug-likeness (QED) is 0.188. The summed E-state index contributed by atoms with van der Waals surface area (Å²) in [5.41, 5.74) is 6.11. The molecule has 3 aromatic heterocycles. The molecule has 0 radical (unpaired) electrons. The highest BCUT2D eigenvalue weighted by atomic mass is 32.2. The van der Waals surface area contributed by atoms with Gasteiger partial charge in [-0.15, -0.1) is 22.7 Å². The van der Waals surface area contributed by atoms with E-state index in [-0.39, 0.29) is 11.8 Å². The zero-order chi connectivity index (χ0) is 27.1. The van der Waals surface area contributed by atoms with Gasteiger partial charge in [0.2, 0.25) is 11.8 Å². The van der Waals surface area contributed by atoms with E-state index in [1.54, 1.807) is 22.7 Å². The van der Waals surface area contributed by atoms with Crippen molar-refractivity contribution in [2.75, 3.05) is 16.8 Å². The van der Waals surface area contributed by atoms with Crippen molar-refractivity contribution in [3.05, 3.63) is 78.0 Å². The van der Waals surface area contributed by atoms with E-state index in [9.17, 15) is 9.59 Å². The van der Waals surface area contributed by atoms with E-state index >= 15 is 0 Å². The van der Waals surface area contributed by atoms with Crippen LogP contribution in [0.15, 0.2) is 75.4 Å². The lowest BCUT2D eigenvalue weighted by Gasteiger charge is -2.14. The number of thioether (sulfide) groups is 2.